The average Bonchev–Trinajstić information content (AvgIpc) is 3.40. The molecule has 1 saturated heterocycles. The number of hydrogen-bond acceptors (Lipinski definition) is 7. The summed E-state index contributed by atoms with van der Waals surface area (Å²) in [5.41, 5.74) is 4.42. The molecule has 0 saturated carbocycles. The summed E-state index contributed by atoms with van der Waals surface area (Å²) in [4.78, 5) is 11.3. The Balaban J connectivity index is 1.54. The van der Waals surface area contributed by atoms with Gasteiger partial charge in [-0.15, -0.1) is 0 Å². The van der Waals surface area contributed by atoms with E-state index in [-0.39, 0.29) is 0 Å². The molecule has 31 heavy (non-hydrogen) atoms. The zero-order valence-corrected chi connectivity index (χ0v) is 18.0. The third-order valence-corrected chi connectivity index (χ3v) is 6.21. The third kappa shape index (κ3) is 3.37. The van der Waals surface area contributed by atoms with E-state index < -0.39 is 5.60 Å². The summed E-state index contributed by atoms with van der Waals surface area (Å²) in [6.45, 7) is 7.49. The van der Waals surface area contributed by atoms with Crippen LogP contribution in [0.25, 0.3) is 17.0 Å². The van der Waals surface area contributed by atoms with Gasteiger partial charge in [-0.3, -0.25) is 4.98 Å². The number of piperidine rings is 1. The predicted molar refractivity (Wildman–Crippen MR) is 117 cm³/mol. The number of aliphatic hydroxyl groups is 1. The lowest BCUT2D eigenvalue weighted by Crippen LogP contribution is -2.43. The molecule has 8 heteroatoms. The van der Waals surface area contributed by atoms with Crippen LogP contribution in [0.15, 0.2) is 41.2 Å². The molecule has 5 heterocycles. The van der Waals surface area contributed by atoms with Crippen molar-refractivity contribution in [2.75, 3.05) is 18.0 Å². The van der Waals surface area contributed by atoms with Crippen molar-refractivity contribution >= 4 is 11.5 Å². The first-order chi connectivity index (χ1) is 15.0. The largest absolute Gasteiger partial charge is 0.385 e. The van der Waals surface area contributed by atoms with Crippen LogP contribution in [-0.4, -0.2) is 42.9 Å². The molecule has 4 aromatic heterocycles. The predicted octanol–water partition coefficient (Wildman–Crippen LogP) is 3.45. The molecule has 0 amide bonds. The van der Waals surface area contributed by atoms with Crippen molar-refractivity contribution in [1.29, 1.82) is 0 Å². The number of hydrogen-bond donors (Lipinski definition) is 1. The summed E-state index contributed by atoms with van der Waals surface area (Å²) in [6.07, 6.45) is 5.60. The van der Waals surface area contributed by atoms with E-state index in [9.17, 15) is 5.11 Å². The highest BCUT2D eigenvalue weighted by Gasteiger charge is 2.35. The van der Waals surface area contributed by atoms with E-state index in [1.54, 1.807) is 12.4 Å². The van der Waals surface area contributed by atoms with E-state index in [1.807, 2.05) is 42.6 Å². The maximum Gasteiger partial charge on any atom is 0.158 e. The second kappa shape index (κ2) is 7.46. The van der Waals surface area contributed by atoms with Crippen LogP contribution in [0.2, 0.25) is 0 Å². The second-order valence-corrected chi connectivity index (χ2v) is 8.24. The van der Waals surface area contributed by atoms with Crippen molar-refractivity contribution in [2.24, 2.45) is 0 Å². The van der Waals surface area contributed by atoms with Crippen molar-refractivity contribution in [3.05, 3.63) is 59.2 Å². The second-order valence-electron chi connectivity index (χ2n) is 8.24. The molecule has 0 spiro atoms. The highest BCUT2D eigenvalue weighted by atomic mass is 16.5. The van der Waals surface area contributed by atoms with Crippen molar-refractivity contribution in [3.63, 3.8) is 0 Å². The van der Waals surface area contributed by atoms with Crippen LogP contribution >= 0.6 is 0 Å². The fourth-order valence-electron chi connectivity index (χ4n) is 4.50. The van der Waals surface area contributed by atoms with Crippen LogP contribution in [0.5, 0.6) is 0 Å². The third-order valence-electron chi connectivity index (χ3n) is 6.21. The minimum atomic E-state index is -0.855. The lowest BCUT2D eigenvalue weighted by Gasteiger charge is -2.40. The van der Waals surface area contributed by atoms with Crippen molar-refractivity contribution in [2.45, 2.75) is 45.6 Å². The Kier molecular flexibility index (Phi) is 4.74. The van der Waals surface area contributed by atoms with Crippen LogP contribution in [0.4, 0.5) is 5.82 Å². The number of fused-ring (bicyclic) bond motifs is 1. The monoisotopic (exact) mass is 418 g/mol. The van der Waals surface area contributed by atoms with Crippen molar-refractivity contribution in [1.82, 2.24) is 24.7 Å². The lowest BCUT2D eigenvalue weighted by molar-refractivity contribution is 0.0112. The van der Waals surface area contributed by atoms with Gasteiger partial charge in [-0.05, 0) is 39.2 Å². The van der Waals surface area contributed by atoms with Gasteiger partial charge in [0.1, 0.15) is 23.0 Å². The van der Waals surface area contributed by atoms with E-state index in [2.05, 4.69) is 22.0 Å². The maximum atomic E-state index is 11.2. The Bertz CT molecular complexity index is 1220. The standard InChI is InChI=1S/C23H26N6O2/c1-4-18-16(3)25-21-13-19(20-12-15(2)31-27-20)26-29(21)22(18)28-10-7-23(30,8-11-28)17-6-5-9-24-14-17/h5-6,9,12-14,30H,4,7-8,10-11H2,1-3H3. The number of aryl methyl sites for hydroxylation is 2. The fraction of sp³-hybridized carbons (Fsp3) is 0.391. The zero-order chi connectivity index (χ0) is 21.6. The van der Waals surface area contributed by atoms with Gasteiger partial charge in [0.15, 0.2) is 5.65 Å². The van der Waals surface area contributed by atoms with Gasteiger partial charge in [-0.2, -0.15) is 9.61 Å². The van der Waals surface area contributed by atoms with Gasteiger partial charge in [0, 0.05) is 54.4 Å². The summed E-state index contributed by atoms with van der Waals surface area (Å²) < 4.78 is 7.15. The van der Waals surface area contributed by atoms with Gasteiger partial charge in [-0.25, -0.2) is 4.98 Å². The Hall–Kier alpha value is -3.26. The minimum absolute atomic E-state index is 0.626. The highest BCUT2D eigenvalue weighted by molar-refractivity contribution is 5.65. The molecule has 160 valence electrons. The van der Waals surface area contributed by atoms with Crippen molar-refractivity contribution in [3.8, 4) is 11.4 Å². The molecular weight excluding hydrogens is 392 g/mol. The molecule has 0 radical (unpaired) electrons. The van der Waals surface area contributed by atoms with Gasteiger partial charge < -0.3 is 14.5 Å². The first-order valence-corrected chi connectivity index (χ1v) is 10.7. The first kappa shape index (κ1) is 19.7. The summed E-state index contributed by atoms with van der Waals surface area (Å²) in [6, 6.07) is 7.66. The van der Waals surface area contributed by atoms with Crippen LogP contribution in [-0.2, 0) is 12.0 Å². The van der Waals surface area contributed by atoms with E-state index in [0.717, 1.165) is 53.7 Å². The van der Waals surface area contributed by atoms with Gasteiger partial charge in [0.2, 0.25) is 0 Å². The van der Waals surface area contributed by atoms with E-state index in [4.69, 9.17) is 14.6 Å². The fourth-order valence-corrected chi connectivity index (χ4v) is 4.50. The molecule has 8 nitrogen and oxygen atoms in total. The molecular formula is C23H26N6O2. The van der Waals surface area contributed by atoms with Crippen LogP contribution in [0, 0.1) is 13.8 Å². The smallest absolute Gasteiger partial charge is 0.158 e. The quantitative estimate of drug-likeness (QED) is 0.543. The minimum Gasteiger partial charge on any atom is -0.385 e. The molecule has 1 N–H and O–H groups in total. The summed E-state index contributed by atoms with van der Waals surface area (Å²) in [7, 11) is 0. The normalized spacial score (nSPS) is 16.2. The summed E-state index contributed by atoms with van der Waals surface area (Å²) in [5, 5.41) is 20.2. The number of rotatable bonds is 4. The molecule has 0 aliphatic carbocycles. The molecule has 0 atom stereocenters. The Morgan fingerprint density at radius 2 is 1.97 bits per heavy atom. The molecule has 1 aliphatic rings. The first-order valence-electron chi connectivity index (χ1n) is 10.7. The molecule has 0 bridgehead atoms. The van der Waals surface area contributed by atoms with Crippen LogP contribution in [0.1, 0.15) is 42.3 Å². The number of pyridine rings is 1. The Morgan fingerprint density at radius 3 is 2.61 bits per heavy atom. The number of aromatic nitrogens is 5. The van der Waals surface area contributed by atoms with E-state index in [0.29, 0.717) is 18.5 Å². The molecule has 1 aliphatic heterocycles. The van der Waals surface area contributed by atoms with Gasteiger partial charge >= 0.3 is 0 Å². The van der Waals surface area contributed by atoms with Crippen LogP contribution < -0.4 is 4.90 Å². The maximum absolute atomic E-state index is 11.2. The van der Waals surface area contributed by atoms with Gasteiger partial charge in [0.05, 0.1) is 5.60 Å². The highest BCUT2D eigenvalue weighted by Crippen LogP contribution is 2.36. The molecule has 5 rings (SSSR count). The molecule has 1 fully saturated rings. The number of anilines is 1. The molecule has 0 unspecified atom stereocenters. The zero-order valence-electron chi connectivity index (χ0n) is 18.0. The van der Waals surface area contributed by atoms with Gasteiger partial charge in [0.25, 0.3) is 0 Å². The van der Waals surface area contributed by atoms with Crippen LogP contribution in [0.3, 0.4) is 0 Å². The lowest BCUT2D eigenvalue weighted by atomic mass is 9.85. The molecule has 0 aromatic carbocycles. The number of nitrogens with zero attached hydrogens (tertiary/aromatic N) is 6. The topological polar surface area (TPSA) is 92.6 Å². The van der Waals surface area contributed by atoms with Crippen molar-refractivity contribution < 1.29 is 9.63 Å². The van der Waals surface area contributed by atoms with E-state index in [1.165, 1.54) is 5.56 Å². The molecule has 4 aromatic rings. The average molecular weight is 419 g/mol. The SMILES string of the molecule is CCc1c(C)nc2cc(-c3cc(C)on3)nn2c1N1CCC(O)(c2cccnc2)CC1. The van der Waals surface area contributed by atoms with E-state index >= 15 is 0 Å². The van der Waals surface area contributed by atoms with Gasteiger partial charge in [-0.1, -0.05) is 18.1 Å². The summed E-state index contributed by atoms with van der Waals surface area (Å²) in [5.74, 6) is 1.79. The Morgan fingerprint density at radius 1 is 1.16 bits per heavy atom. The Labute approximate surface area is 180 Å². The summed E-state index contributed by atoms with van der Waals surface area (Å²) >= 11 is 0.